The van der Waals surface area contributed by atoms with Gasteiger partial charge in [-0.3, -0.25) is 9.69 Å². The number of likely N-dealkylation sites (N-methyl/N-ethyl adjacent to an activating group) is 1. The van der Waals surface area contributed by atoms with Crippen LogP contribution in [0.3, 0.4) is 0 Å². The molecule has 1 aliphatic rings. The molecule has 2 rings (SSSR count). The average molecular weight is 304 g/mol. The van der Waals surface area contributed by atoms with Gasteiger partial charge < -0.3 is 10.1 Å². The predicted molar refractivity (Wildman–Crippen MR) is 89.0 cm³/mol. The third-order valence-electron chi connectivity index (χ3n) is 4.22. The van der Waals surface area contributed by atoms with Gasteiger partial charge in [0.25, 0.3) is 0 Å². The van der Waals surface area contributed by atoms with Crippen LogP contribution in [0.25, 0.3) is 0 Å². The maximum Gasteiger partial charge on any atom is 0.234 e. The Bertz CT molecular complexity index is 468. The van der Waals surface area contributed by atoms with Gasteiger partial charge in [0.15, 0.2) is 0 Å². The summed E-state index contributed by atoms with van der Waals surface area (Å²) in [6.07, 6.45) is 7.36. The van der Waals surface area contributed by atoms with Crippen LogP contribution in [0.1, 0.15) is 44.1 Å². The van der Waals surface area contributed by atoms with Crippen LogP contribution in [-0.2, 0) is 11.3 Å². The van der Waals surface area contributed by atoms with Crippen molar-refractivity contribution in [3.63, 3.8) is 0 Å². The van der Waals surface area contributed by atoms with E-state index >= 15 is 0 Å². The highest BCUT2D eigenvalue weighted by atomic mass is 16.5. The first kappa shape index (κ1) is 16.8. The van der Waals surface area contributed by atoms with Crippen molar-refractivity contribution in [1.29, 1.82) is 0 Å². The maximum atomic E-state index is 12.2. The summed E-state index contributed by atoms with van der Waals surface area (Å²) in [6.45, 7) is 1.18. The summed E-state index contributed by atoms with van der Waals surface area (Å²) in [6, 6.07) is 8.36. The molecule has 0 saturated heterocycles. The van der Waals surface area contributed by atoms with E-state index in [9.17, 15) is 4.79 Å². The van der Waals surface area contributed by atoms with Crippen LogP contribution in [0.2, 0.25) is 0 Å². The lowest BCUT2D eigenvalue weighted by molar-refractivity contribution is -0.122. The van der Waals surface area contributed by atoms with E-state index < -0.39 is 0 Å². The molecule has 122 valence electrons. The number of methoxy groups -OCH3 is 1. The molecule has 0 atom stereocenters. The fraction of sp³-hybridized carbons (Fsp3) is 0.611. The van der Waals surface area contributed by atoms with Crippen molar-refractivity contribution in [2.75, 3.05) is 20.7 Å². The van der Waals surface area contributed by atoms with Crippen molar-refractivity contribution < 1.29 is 9.53 Å². The Labute approximate surface area is 133 Å². The highest BCUT2D eigenvalue weighted by molar-refractivity contribution is 5.78. The number of ether oxygens (including phenoxy) is 1. The first-order valence-corrected chi connectivity index (χ1v) is 8.28. The molecule has 0 radical (unpaired) electrons. The zero-order chi connectivity index (χ0) is 15.8. The molecule has 1 fully saturated rings. The fourth-order valence-corrected chi connectivity index (χ4v) is 3.08. The van der Waals surface area contributed by atoms with Gasteiger partial charge >= 0.3 is 0 Å². The quantitative estimate of drug-likeness (QED) is 0.822. The van der Waals surface area contributed by atoms with Gasteiger partial charge in [0.05, 0.1) is 13.7 Å². The Hall–Kier alpha value is -1.55. The van der Waals surface area contributed by atoms with Crippen molar-refractivity contribution >= 4 is 5.91 Å². The lowest BCUT2D eigenvalue weighted by atomic mass is 10.1. The first-order valence-electron chi connectivity index (χ1n) is 8.28. The molecule has 0 unspecified atom stereocenters. The zero-order valence-corrected chi connectivity index (χ0v) is 13.8. The summed E-state index contributed by atoms with van der Waals surface area (Å²) in [5.74, 6) is 0.992. The number of nitrogens with one attached hydrogen (secondary N) is 1. The molecule has 1 aromatic rings. The topological polar surface area (TPSA) is 41.6 Å². The van der Waals surface area contributed by atoms with Gasteiger partial charge in [0.1, 0.15) is 5.75 Å². The monoisotopic (exact) mass is 304 g/mol. The molecule has 4 heteroatoms. The van der Waals surface area contributed by atoms with E-state index in [1.54, 1.807) is 7.11 Å². The number of amides is 1. The van der Waals surface area contributed by atoms with Crippen LogP contribution in [0.4, 0.5) is 0 Å². The molecule has 0 spiro atoms. The smallest absolute Gasteiger partial charge is 0.234 e. The zero-order valence-electron chi connectivity index (χ0n) is 13.8. The molecule has 0 aromatic heterocycles. The number of benzene rings is 1. The van der Waals surface area contributed by atoms with Gasteiger partial charge in [-0.25, -0.2) is 0 Å². The molecule has 1 aliphatic carbocycles. The van der Waals surface area contributed by atoms with Crippen LogP contribution in [0.15, 0.2) is 24.3 Å². The summed E-state index contributed by atoms with van der Waals surface area (Å²) in [5.41, 5.74) is 1.16. The van der Waals surface area contributed by atoms with E-state index in [1.165, 1.54) is 25.7 Å². The van der Waals surface area contributed by atoms with Crippen molar-refractivity contribution in [2.24, 2.45) is 0 Å². The van der Waals surface area contributed by atoms with Gasteiger partial charge in [-0.1, -0.05) is 37.8 Å². The SMILES string of the molecule is COc1cccc(CN(C)CC(=O)NC2CCCCCC2)c1. The standard InChI is InChI=1S/C18H28N2O2/c1-20(13-15-8-7-11-17(12-15)22-2)14-18(21)19-16-9-5-3-4-6-10-16/h7-8,11-12,16H,3-6,9-10,13-14H2,1-2H3,(H,19,21). The summed E-state index contributed by atoms with van der Waals surface area (Å²) in [5, 5.41) is 3.19. The maximum absolute atomic E-state index is 12.2. The number of hydrogen-bond acceptors (Lipinski definition) is 3. The van der Waals surface area contributed by atoms with Crippen LogP contribution < -0.4 is 10.1 Å². The first-order chi connectivity index (χ1) is 10.7. The Kier molecular flexibility index (Phi) is 6.72. The molecule has 1 aromatic carbocycles. The van der Waals surface area contributed by atoms with Crippen molar-refractivity contribution in [1.82, 2.24) is 10.2 Å². The average Bonchev–Trinajstić information content (AvgIpc) is 2.75. The molecular formula is C18H28N2O2. The molecular weight excluding hydrogens is 276 g/mol. The number of carbonyl (C=O) groups is 1. The van der Waals surface area contributed by atoms with E-state index in [-0.39, 0.29) is 5.91 Å². The minimum atomic E-state index is 0.136. The molecule has 0 bridgehead atoms. The van der Waals surface area contributed by atoms with E-state index in [2.05, 4.69) is 11.4 Å². The number of nitrogens with zero attached hydrogens (tertiary/aromatic N) is 1. The highest BCUT2D eigenvalue weighted by Gasteiger charge is 2.15. The van der Waals surface area contributed by atoms with Crippen LogP contribution in [-0.4, -0.2) is 37.6 Å². The summed E-state index contributed by atoms with van der Waals surface area (Å²) >= 11 is 0. The predicted octanol–water partition coefficient (Wildman–Crippen LogP) is 2.97. The van der Waals surface area contributed by atoms with E-state index in [0.29, 0.717) is 12.6 Å². The lowest BCUT2D eigenvalue weighted by Gasteiger charge is -2.20. The molecule has 1 amide bonds. The van der Waals surface area contributed by atoms with Crippen molar-refractivity contribution in [3.8, 4) is 5.75 Å². The molecule has 4 nitrogen and oxygen atoms in total. The summed E-state index contributed by atoms with van der Waals surface area (Å²) in [7, 11) is 3.65. The Morgan fingerprint density at radius 1 is 1.27 bits per heavy atom. The number of rotatable bonds is 6. The van der Waals surface area contributed by atoms with E-state index in [0.717, 1.165) is 30.7 Å². The number of carbonyl (C=O) groups excluding carboxylic acids is 1. The third kappa shape index (κ3) is 5.68. The minimum Gasteiger partial charge on any atom is -0.497 e. The Balaban J connectivity index is 1.77. The van der Waals surface area contributed by atoms with Gasteiger partial charge in [-0.2, -0.15) is 0 Å². The second-order valence-electron chi connectivity index (χ2n) is 6.28. The van der Waals surface area contributed by atoms with Crippen LogP contribution in [0.5, 0.6) is 5.75 Å². The minimum absolute atomic E-state index is 0.136. The van der Waals surface area contributed by atoms with E-state index in [1.807, 2.05) is 30.1 Å². The van der Waals surface area contributed by atoms with Gasteiger partial charge in [0, 0.05) is 12.6 Å². The van der Waals surface area contributed by atoms with Gasteiger partial charge in [-0.05, 0) is 37.6 Å². The molecule has 1 N–H and O–H groups in total. The number of hydrogen-bond donors (Lipinski definition) is 1. The molecule has 0 aliphatic heterocycles. The highest BCUT2D eigenvalue weighted by Crippen LogP contribution is 2.17. The van der Waals surface area contributed by atoms with Crippen LogP contribution in [0, 0.1) is 0 Å². The third-order valence-corrected chi connectivity index (χ3v) is 4.22. The van der Waals surface area contributed by atoms with Gasteiger partial charge in [-0.15, -0.1) is 0 Å². The van der Waals surface area contributed by atoms with Gasteiger partial charge in [0.2, 0.25) is 5.91 Å². The van der Waals surface area contributed by atoms with Crippen molar-refractivity contribution in [2.45, 2.75) is 51.1 Å². The van der Waals surface area contributed by atoms with Crippen molar-refractivity contribution in [3.05, 3.63) is 29.8 Å². The Morgan fingerprint density at radius 2 is 2.00 bits per heavy atom. The normalized spacial score (nSPS) is 16.3. The summed E-state index contributed by atoms with van der Waals surface area (Å²) < 4.78 is 5.23. The summed E-state index contributed by atoms with van der Waals surface area (Å²) in [4.78, 5) is 14.2. The lowest BCUT2D eigenvalue weighted by Crippen LogP contribution is -2.40. The molecule has 22 heavy (non-hydrogen) atoms. The Morgan fingerprint density at radius 3 is 2.68 bits per heavy atom. The molecule has 1 saturated carbocycles. The van der Waals surface area contributed by atoms with E-state index in [4.69, 9.17) is 4.74 Å². The van der Waals surface area contributed by atoms with Crippen LogP contribution >= 0.6 is 0 Å². The largest absolute Gasteiger partial charge is 0.497 e. The fourth-order valence-electron chi connectivity index (χ4n) is 3.08. The second-order valence-corrected chi connectivity index (χ2v) is 6.28. The second kappa shape index (κ2) is 8.79. The molecule has 0 heterocycles.